The van der Waals surface area contributed by atoms with Crippen molar-refractivity contribution in [3.8, 4) is 0 Å². The van der Waals surface area contributed by atoms with Crippen LogP contribution in [0.25, 0.3) is 0 Å². The van der Waals surface area contributed by atoms with Gasteiger partial charge in [-0.2, -0.15) is 4.31 Å². The SMILES string of the molecule is O=C(NNc1ccccc1)C1CCN(S(=O)(=O)c2ccc(Cl)cc2)CC1. The molecule has 0 unspecified atom stereocenters. The number of para-hydroxylation sites is 1. The highest BCUT2D eigenvalue weighted by Crippen LogP contribution is 2.24. The normalized spacial score (nSPS) is 16.2. The van der Waals surface area contributed by atoms with E-state index < -0.39 is 10.0 Å². The fourth-order valence-corrected chi connectivity index (χ4v) is 4.47. The smallest absolute Gasteiger partial charge is 0.243 e. The molecule has 1 aliphatic heterocycles. The molecule has 0 bridgehead atoms. The minimum atomic E-state index is -3.56. The van der Waals surface area contributed by atoms with E-state index in [0.717, 1.165) is 5.69 Å². The molecule has 6 nitrogen and oxygen atoms in total. The summed E-state index contributed by atoms with van der Waals surface area (Å²) >= 11 is 5.82. The topological polar surface area (TPSA) is 78.5 Å². The second-order valence-corrected chi connectivity index (χ2v) is 8.49. The van der Waals surface area contributed by atoms with Crippen LogP contribution in [0, 0.1) is 5.92 Å². The summed E-state index contributed by atoms with van der Waals surface area (Å²) in [6.45, 7) is 0.628. The zero-order valence-electron chi connectivity index (χ0n) is 14.1. The lowest BCUT2D eigenvalue weighted by atomic mass is 9.98. The zero-order valence-corrected chi connectivity index (χ0v) is 15.6. The van der Waals surface area contributed by atoms with E-state index in [9.17, 15) is 13.2 Å². The van der Waals surface area contributed by atoms with Crippen molar-refractivity contribution in [3.05, 3.63) is 59.6 Å². The highest BCUT2D eigenvalue weighted by Gasteiger charge is 2.32. The Labute approximate surface area is 158 Å². The first kappa shape index (κ1) is 18.7. The van der Waals surface area contributed by atoms with E-state index in [-0.39, 0.29) is 16.7 Å². The van der Waals surface area contributed by atoms with Gasteiger partial charge in [-0.3, -0.25) is 15.6 Å². The number of benzene rings is 2. The number of amides is 1. The van der Waals surface area contributed by atoms with Crippen molar-refractivity contribution in [2.24, 2.45) is 5.92 Å². The third kappa shape index (κ3) is 4.35. The van der Waals surface area contributed by atoms with Crippen LogP contribution in [0.3, 0.4) is 0 Å². The fraction of sp³-hybridized carbons (Fsp3) is 0.278. The van der Waals surface area contributed by atoms with Crippen LogP contribution in [0.2, 0.25) is 5.02 Å². The van der Waals surface area contributed by atoms with Crippen molar-refractivity contribution < 1.29 is 13.2 Å². The summed E-state index contributed by atoms with van der Waals surface area (Å²) in [4.78, 5) is 12.5. The third-order valence-electron chi connectivity index (χ3n) is 4.38. The van der Waals surface area contributed by atoms with E-state index in [0.29, 0.717) is 31.0 Å². The van der Waals surface area contributed by atoms with Gasteiger partial charge in [0, 0.05) is 24.0 Å². The highest BCUT2D eigenvalue weighted by atomic mass is 35.5. The number of hydrazine groups is 1. The summed E-state index contributed by atoms with van der Waals surface area (Å²) in [5.41, 5.74) is 6.35. The molecule has 1 aliphatic rings. The van der Waals surface area contributed by atoms with Crippen LogP contribution in [0.15, 0.2) is 59.5 Å². The molecule has 2 aromatic rings. The number of nitrogens with one attached hydrogen (secondary N) is 2. The average molecular weight is 394 g/mol. The first-order chi connectivity index (χ1) is 12.5. The molecular weight excluding hydrogens is 374 g/mol. The molecule has 26 heavy (non-hydrogen) atoms. The minimum Gasteiger partial charge on any atom is -0.299 e. The standard InChI is InChI=1S/C18H20ClN3O3S/c19-15-6-8-17(9-7-15)26(24,25)22-12-10-14(11-13-22)18(23)21-20-16-4-2-1-3-5-16/h1-9,14,20H,10-13H2,(H,21,23). The zero-order chi connectivity index (χ0) is 18.6. The molecule has 0 aliphatic carbocycles. The number of hydrogen-bond donors (Lipinski definition) is 2. The van der Waals surface area contributed by atoms with Crippen LogP contribution < -0.4 is 10.9 Å². The molecule has 1 heterocycles. The van der Waals surface area contributed by atoms with E-state index in [2.05, 4.69) is 10.9 Å². The maximum absolute atomic E-state index is 12.7. The quantitative estimate of drug-likeness (QED) is 0.765. The molecule has 1 fully saturated rings. The molecule has 0 aromatic heterocycles. The predicted molar refractivity (Wildman–Crippen MR) is 101 cm³/mol. The number of hydrogen-bond acceptors (Lipinski definition) is 4. The van der Waals surface area contributed by atoms with Gasteiger partial charge in [-0.15, -0.1) is 0 Å². The summed E-state index contributed by atoms with van der Waals surface area (Å²) in [6.07, 6.45) is 0.963. The molecule has 1 amide bonds. The molecule has 2 aromatic carbocycles. The molecule has 138 valence electrons. The van der Waals surface area contributed by atoms with Crippen molar-refractivity contribution >= 4 is 33.2 Å². The van der Waals surface area contributed by atoms with Gasteiger partial charge in [0.1, 0.15) is 0 Å². The van der Waals surface area contributed by atoms with Crippen LogP contribution in [-0.4, -0.2) is 31.7 Å². The maximum Gasteiger partial charge on any atom is 0.243 e. The lowest BCUT2D eigenvalue weighted by molar-refractivity contribution is -0.125. The van der Waals surface area contributed by atoms with Crippen molar-refractivity contribution in [1.29, 1.82) is 0 Å². The summed E-state index contributed by atoms with van der Waals surface area (Å²) < 4.78 is 26.7. The maximum atomic E-state index is 12.7. The van der Waals surface area contributed by atoms with Crippen LogP contribution in [0.4, 0.5) is 5.69 Å². The van der Waals surface area contributed by atoms with Gasteiger partial charge in [0.15, 0.2) is 0 Å². The lowest BCUT2D eigenvalue weighted by Gasteiger charge is -2.30. The van der Waals surface area contributed by atoms with Gasteiger partial charge >= 0.3 is 0 Å². The molecule has 0 saturated carbocycles. The second kappa shape index (κ2) is 8.07. The molecular formula is C18H20ClN3O3S. The van der Waals surface area contributed by atoms with Crippen molar-refractivity contribution in [3.63, 3.8) is 0 Å². The van der Waals surface area contributed by atoms with Gasteiger partial charge in [-0.05, 0) is 49.2 Å². The van der Waals surface area contributed by atoms with Crippen LogP contribution in [0.5, 0.6) is 0 Å². The third-order valence-corrected chi connectivity index (χ3v) is 6.54. The minimum absolute atomic E-state index is 0.127. The van der Waals surface area contributed by atoms with Gasteiger partial charge < -0.3 is 0 Å². The Morgan fingerprint density at radius 2 is 1.62 bits per heavy atom. The van der Waals surface area contributed by atoms with Gasteiger partial charge in [0.2, 0.25) is 15.9 Å². The second-order valence-electron chi connectivity index (χ2n) is 6.11. The number of rotatable bonds is 5. The Morgan fingerprint density at radius 1 is 1.00 bits per heavy atom. The molecule has 8 heteroatoms. The molecule has 1 saturated heterocycles. The predicted octanol–water partition coefficient (Wildman–Crippen LogP) is 2.88. The Bertz CT molecular complexity index is 849. The van der Waals surface area contributed by atoms with Crippen molar-refractivity contribution in [2.45, 2.75) is 17.7 Å². The van der Waals surface area contributed by atoms with E-state index >= 15 is 0 Å². The molecule has 0 spiro atoms. The van der Waals surface area contributed by atoms with Crippen molar-refractivity contribution in [1.82, 2.24) is 9.73 Å². The Kier molecular flexibility index (Phi) is 5.80. The Balaban J connectivity index is 1.55. The largest absolute Gasteiger partial charge is 0.299 e. The summed E-state index contributed by atoms with van der Waals surface area (Å²) in [7, 11) is -3.56. The van der Waals surface area contributed by atoms with E-state index in [4.69, 9.17) is 11.6 Å². The number of anilines is 1. The van der Waals surface area contributed by atoms with Crippen LogP contribution in [-0.2, 0) is 14.8 Å². The molecule has 3 rings (SSSR count). The van der Waals surface area contributed by atoms with E-state index in [1.165, 1.54) is 16.4 Å². The number of carbonyl (C=O) groups excluding carboxylic acids is 1. The number of nitrogens with zero attached hydrogens (tertiary/aromatic N) is 1. The van der Waals surface area contributed by atoms with Crippen LogP contribution >= 0.6 is 11.6 Å². The Morgan fingerprint density at radius 3 is 2.23 bits per heavy atom. The summed E-state index contributed by atoms with van der Waals surface area (Å²) in [5, 5.41) is 0.491. The highest BCUT2D eigenvalue weighted by molar-refractivity contribution is 7.89. The monoisotopic (exact) mass is 393 g/mol. The molecule has 0 radical (unpaired) electrons. The number of halogens is 1. The number of piperidine rings is 1. The van der Waals surface area contributed by atoms with E-state index in [1.807, 2.05) is 30.3 Å². The first-order valence-electron chi connectivity index (χ1n) is 8.33. The summed E-state index contributed by atoms with van der Waals surface area (Å²) in [5.74, 6) is -0.347. The fourth-order valence-electron chi connectivity index (χ4n) is 2.87. The number of carbonyl (C=O) groups is 1. The van der Waals surface area contributed by atoms with E-state index in [1.54, 1.807) is 12.1 Å². The number of sulfonamides is 1. The summed E-state index contributed by atoms with van der Waals surface area (Å²) in [6, 6.07) is 15.4. The van der Waals surface area contributed by atoms with Gasteiger partial charge in [-0.25, -0.2) is 8.42 Å². The van der Waals surface area contributed by atoms with Gasteiger partial charge in [-0.1, -0.05) is 29.8 Å². The van der Waals surface area contributed by atoms with Crippen LogP contribution in [0.1, 0.15) is 12.8 Å². The molecule has 2 N–H and O–H groups in total. The van der Waals surface area contributed by atoms with Gasteiger partial charge in [0.05, 0.1) is 10.6 Å². The van der Waals surface area contributed by atoms with Gasteiger partial charge in [0.25, 0.3) is 0 Å². The molecule has 0 atom stereocenters. The average Bonchev–Trinajstić information content (AvgIpc) is 2.67. The lowest BCUT2D eigenvalue weighted by Crippen LogP contribution is -2.44. The van der Waals surface area contributed by atoms with Crippen molar-refractivity contribution in [2.75, 3.05) is 18.5 Å². The Hall–Kier alpha value is -2.09. The first-order valence-corrected chi connectivity index (χ1v) is 10.2.